The van der Waals surface area contributed by atoms with Crippen LogP contribution in [0.2, 0.25) is 5.02 Å². The van der Waals surface area contributed by atoms with Crippen molar-refractivity contribution < 1.29 is 19.1 Å². The number of halogens is 1. The highest BCUT2D eigenvalue weighted by molar-refractivity contribution is 6.35. The molecule has 1 aromatic carbocycles. The van der Waals surface area contributed by atoms with E-state index in [2.05, 4.69) is 0 Å². The molecule has 21 heavy (non-hydrogen) atoms. The number of carbonyl (C=O) groups excluding carboxylic acids is 2. The van der Waals surface area contributed by atoms with Crippen LogP contribution < -0.4 is 0 Å². The molecule has 0 aliphatic heterocycles. The molecule has 1 heterocycles. The van der Waals surface area contributed by atoms with Gasteiger partial charge in [-0.1, -0.05) is 23.7 Å². The van der Waals surface area contributed by atoms with Crippen molar-refractivity contribution in [2.45, 2.75) is 26.4 Å². The third kappa shape index (κ3) is 3.03. The van der Waals surface area contributed by atoms with E-state index in [-0.39, 0.29) is 5.69 Å². The maximum absolute atomic E-state index is 12.4. The van der Waals surface area contributed by atoms with Crippen LogP contribution in [0.25, 0.3) is 10.9 Å². The molecule has 1 aromatic heterocycles. The summed E-state index contributed by atoms with van der Waals surface area (Å²) in [4.78, 5) is 24.3. The van der Waals surface area contributed by atoms with Gasteiger partial charge in [-0.05, 0) is 32.9 Å². The minimum Gasteiger partial charge on any atom is -0.464 e. The first-order valence-corrected chi connectivity index (χ1v) is 6.74. The maximum atomic E-state index is 12.4. The van der Waals surface area contributed by atoms with E-state index in [0.29, 0.717) is 15.9 Å². The number of nitrogens with zero attached hydrogens (tertiary/aromatic N) is 1. The molecule has 0 saturated heterocycles. The van der Waals surface area contributed by atoms with E-state index in [1.165, 1.54) is 7.11 Å². The predicted octanol–water partition coefficient (Wildman–Crippen LogP) is 3.86. The van der Waals surface area contributed by atoms with Crippen LogP contribution in [0.4, 0.5) is 4.79 Å². The van der Waals surface area contributed by atoms with Crippen LogP contribution in [-0.2, 0) is 9.47 Å². The average Bonchev–Trinajstić information content (AvgIpc) is 2.76. The zero-order chi connectivity index (χ0) is 15.8. The Morgan fingerprint density at radius 1 is 1.24 bits per heavy atom. The summed E-state index contributed by atoms with van der Waals surface area (Å²) < 4.78 is 11.2. The van der Waals surface area contributed by atoms with E-state index in [1.807, 2.05) is 0 Å². The number of rotatable bonds is 1. The summed E-state index contributed by atoms with van der Waals surface area (Å²) in [6.07, 6.45) is -0.675. The highest BCUT2D eigenvalue weighted by Crippen LogP contribution is 2.28. The first-order valence-electron chi connectivity index (χ1n) is 6.36. The Labute approximate surface area is 127 Å². The van der Waals surface area contributed by atoms with Gasteiger partial charge in [0.1, 0.15) is 11.3 Å². The predicted molar refractivity (Wildman–Crippen MR) is 79.9 cm³/mol. The minimum atomic E-state index is -0.692. The minimum absolute atomic E-state index is 0.0786. The lowest BCUT2D eigenvalue weighted by Gasteiger charge is -2.20. The van der Waals surface area contributed by atoms with E-state index >= 15 is 0 Å². The number of ether oxygens (including phenoxy) is 2. The summed E-state index contributed by atoms with van der Waals surface area (Å²) in [6, 6.07) is 6.70. The zero-order valence-corrected chi connectivity index (χ0v) is 13.0. The molecule has 0 amide bonds. The fourth-order valence-corrected chi connectivity index (χ4v) is 2.24. The second kappa shape index (κ2) is 5.41. The van der Waals surface area contributed by atoms with Gasteiger partial charge in [0.2, 0.25) is 0 Å². The van der Waals surface area contributed by atoms with E-state index in [0.717, 1.165) is 4.57 Å². The number of methoxy groups -OCH3 is 1. The van der Waals surface area contributed by atoms with E-state index < -0.39 is 17.7 Å². The molecule has 2 rings (SSSR count). The topological polar surface area (TPSA) is 57.5 Å². The number of benzene rings is 1. The van der Waals surface area contributed by atoms with Crippen LogP contribution in [0.5, 0.6) is 0 Å². The number of hydrogen-bond donors (Lipinski definition) is 0. The number of carbonyl (C=O) groups is 2. The summed E-state index contributed by atoms with van der Waals surface area (Å²) in [5.74, 6) is -0.631. The van der Waals surface area contributed by atoms with E-state index in [4.69, 9.17) is 21.1 Å². The van der Waals surface area contributed by atoms with Crippen LogP contribution in [0.1, 0.15) is 31.3 Å². The number of para-hydroxylation sites is 1. The van der Waals surface area contributed by atoms with E-state index in [1.54, 1.807) is 45.0 Å². The fourth-order valence-electron chi connectivity index (χ4n) is 1.97. The fraction of sp³-hybridized carbons (Fsp3) is 0.333. The molecule has 6 heteroatoms. The Morgan fingerprint density at radius 3 is 2.48 bits per heavy atom. The number of aromatic nitrogens is 1. The standard InChI is InChI=1S/C15H16ClNO4/c1-15(2,3)21-14(19)17-11(13(18)20-4)8-9-6-5-7-10(16)12(9)17/h5-8H,1-4H3. The number of esters is 1. The Kier molecular flexibility index (Phi) is 3.96. The quantitative estimate of drug-likeness (QED) is 0.750. The second-order valence-corrected chi connectivity index (χ2v) is 5.92. The lowest BCUT2D eigenvalue weighted by molar-refractivity contribution is 0.0490. The molecule has 0 N–H and O–H groups in total. The summed E-state index contributed by atoms with van der Waals surface area (Å²) in [7, 11) is 1.25. The van der Waals surface area contributed by atoms with Crippen molar-refractivity contribution in [1.29, 1.82) is 0 Å². The Bertz CT molecular complexity index is 712. The molecule has 0 spiro atoms. The van der Waals surface area contributed by atoms with Crippen LogP contribution in [0, 0.1) is 0 Å². The van der Waals surface area contributed by atoms with E-state index in [9.17, 15) is 9.59 Å². The van der Waals surface area contributed by atoms with Gasteiger partial charge in [0, 0.05) is 5.39 Å². The van der Waals surface area contributed by atoms with Crippen molar-refractivity contribution in [2.24, 2.45) is 0 Å². The first kappa shape index (κ1) is 15.4. The molecule has 0 saturated carbocycles. The van der Waals surface area contributed by atoms with Crippen molar-refractivity contribution in [3.8, 4) is 0 Å². The molecule has 112 valence electrons. The third-order valence-corrected chi connectivity index (χ3v) is 3.05. The highest BCUT2D eigenvalue weighted by atomic mass is 35.5. The molecule has 0 aliphatic rings. The van der Waals surface area contributed by atoms with Gasteiger partial charge >= 0.3 is 12.1 Å². The summed E-state index contributed by atoms with van der Waals surface area (Å²) >= 11 is 6.16. The lowest BCUT2D eigenvalue weighted by atomic mass is 10.2. The molecule has 0 radical (unpaired) electrons. The van der Waals surface area contributed by atoms with Crippen LogP contribution in [-0.4, -0.2) is 29.3 Å². The van der Waals surface area contributed by atoms with Gasteiger partial charge in [-0.15, -0.1) is 0 Å². The van der Waals surface area contributed by atoms with Gasteiger partial charge in [-0.2, -0.15) is 0 Å². The average molecular weight is 310 g/mol. The Hall–Kier alpha value is -2.01. The van der Waals surface area contributed by atoms with Gasteiger partial charge in [0.05, 0.1) is 17.6 Å². The molecule has 2 aromatic rings. The molecule has 5 nitrogen and oxygen atoms in total. The van der Waals surface area contributed by atoms with Crippen molar-refractivity contribution in [1.82, 2.24) is 4.57 Å². The SMILES string of the molecule is COC(=O)c1cc2cccc(Cl)c2n1C(=O)OC(C)(C)C. The highest BCUT2D eigenvalue weighted by Gasteiger charge is 2.26. The largest absolute Gasteiger partial charge is 0.464 e. The van der Waals surface area contributed by atoms with Crippen LogP contribution >= 0.6 is 11.6 Å². The van der Waals surface area contributed by atoms with Crippen LogP contribution in [0.3, 0.4) is 0 Å². The molecular formula is C15H16ClNO4. The molecule has 0 aliphatic carbocycles. The molecule has 0 atom stereocenters. The molecule has 0 bridgehead atoms. The summed E-state index contributed by atoms with van der Waals surface area (Å²) in [6.45, 7) is 5.24. The van der Waals surface area contributed by atoms with Gasteiger partial charge in [0.25, 0.3) is 0 Å². The smallest absolute Gasteiger partial charge is 0.419 e. The third-order valence-electron chi connectivity index (χ3n) is 2.75. The van der Waals surface area contributed by atoms with Crippen molar-refractivity contribution in [3.63, 3.8) is 0 Å². The number of hydrogen-bond acceptors (Lipinski definition) is 4. The van der Waals surface area contributed by atoms with Gasteiger partial charge in [-0.3, -0.25) is 0 Å². The summed E-state index contributed by atoms with van der Waals surface area (Å²) in [5.41, 5.74) is -0.189. The number of fused-ring (bicyclic) bond motifs is 1. The van der Waals surface area contributed by atoms with Crippen molar-refractivity contribution >= 4 is 34.6 Å². The lowest BCUT2D eigenvalue weighted by Crippen LogP contribution is -2.29. The molecule has 0 fully saturated rings. The maximum Gasteiger partial charge on any atom is 0.419 e. The van der Waals surface area contributed by atoms with Crippen LogP contribution in [0.15, 0.2) is 24.3 Å². The zero-order valence-electron chi connectivity index (χ0n) is 12.3. The Balaban J connectivity index is 2.68. The van der Waals surface area contributed by atoms with Gasteiger partial charge in [-0.25, -0.2) is 14.2 Å². The summed E-state index contributed by atoms with van der Waals surface area (Å²) in [5, 5.41) is 1.02. The molecular weight excluding hydrogens is 294 g/mol. The Morgan fingerprint density at radius 2 is 1.90 bits per heavy atom. The van der Waals surface area contributed by atoms with Gasteiger partial charge in [0.15, 0.2) is 0 Å². The van der Waals surface area contributed by atoms with Crippen molar-refractivity contribution in [3.05, 3.63) is 35.0 Å². The normalized spacial score (nSPS) is 11.5. The van der Waals surface area contributed by atoms with Crippen molar-refractivity contribution in [2.75, 3.05) is 7.11 Å². The van der Waals surface area contributed by atoms with Gasteiger partial charge < -0.3 is 9.47 Å². The molecule has 0 unspecified atom stereocenters. The first-order chi connectivity index (χ1) is 9.74. The monoisotopic (exact) mass is 309 g/mol. The second-order valence-electron chi connectivity index (χ2n) is 5.51.